The molecule has 0 spiro atoms. The van der Waals surface area contributed by atoms with Crippen molar-refractivity contribution in [2.24, 2.45) is 0 Å². The van der Waals surface area contributed by atoms with E-state index in [1.54, 1.807) is 0 Å². The maximum absolute atomic E-state index is 12.2. The van der Waals surface area contributed by atoms with E-state index >= 15 is 0 Å². The maximum Gasteiger partial charge on any atom is 0.252 e. The minimum absolute atomic E-state index is 0.0351. The monoisotopic (exact) mass is 251 g/mol. The SMILES string of the molecule is CCC[C@]1(c2ccccc2)NC(=O)c2ccccc21. The van der Waals surface area contributed by atoms with Gasteiger partial charge in [0.15, 0.2) is 0 Å². The van der Waals surface area contributed by atoms with E-state index in [0.29, 0.717) is 0 Å². The van der Waals surface area contributed by atoms with Gasteiger partial charge in [-0.3, -0.25) is 4.79 Å². The smallest absolute Gasteiger partial charge is 0.252 e. The Labute approximate surface area is 113 Å². The lowest BCUT2D eigenvalue weighted by molar-refractivity contribution is 0.0937. The highest BCUT2D eigenvalue weighted by atomic mass is 16.2. The Balaban J connectivity index is 2.22. The van der Waals surface area contributed by atoms with Crippen molar-refractivity contribution in [2.45, 2.75) is 25.3 Å². The second-order valence-electron chi connectivity index (χ2n) is 5.02. The molecule has 1 atom stereocenters. The lowest BCUT2D eigenvalue weighted by atomic mass is 9.80. The number of rotatable bonds is 3. The summed E-state index contributed by atoms with van der Waals surface area (Å²) in [5.41, 5.74) is 2.71. The third-order valence-electron chi connectivity index (χ3n) is 3.85. The fraction of sp³-hybridized carbons (Fsp3) is 0.235. The van der Waals surface area contributed by atoms with Crippen LogP contribution < -0.4 is 5.32 Å². The second-order valence-corrected chi connectivity index (χ2v) is 5.02. The molecule has 3 rings (SSSR count). The number of amides is 1. The highest BCUT2D eigenvalue weighted by Gasteiger charge is 2.42. The topological polar surface area (TPSA) is 29.1 Å². The first kappa shape index (κ1) is 12.0. The summed E-state index contributed by atoms with van der Waals surface area (Å²) in [6.45, 7) is 2.15. The second kappa shape index (κ2) is 4.54. The summed E-state index contributed by atoms with van der Waals surface area (Å²) in [6, 6.07) is 18.2. The van der Waals surface area contributed by atoms with Crippen LogP contribution in [0, 0.1) is 0 Å². The number of carbonyl (C=O) groups excluding carboxylic acids is 1. The summed E-state index contributed by atoms with van der Waals surface area (Å²) in [6.07, 6.45) is 1.93. The summed E-state index contributed by atoms with van der Waals surface area (Å²) in [5.74, 6) is 0.0351. The van der Waals surface area contributed by atoms with Gasteiger partial charge in [-0.15, -0.1) is 0 Å². The zero-order chi connectivity index (χ0) is 13.3. The Morgan fingerprint density at radius 2 is 1.68 bits per heavy atom. The van der Waals surface area contributed by atoms with Gasteiger partial charge in [0.25, 0.3) is 5.91 Å². The molecule has 2 nitrogen and oxygen atoms in total. The van der Waals surface area contributed by atoms with Gasteiger partial charge >= 0.3 is 0 Å². The predicted octanol–water partition coefficient (Wildman–Crippen LogP) is 3.47. The van der Waals surface area contributed by atoms with Crippen LogP contribution in [0.2, 0.25) is 0 Å². The number of fused-ring (bicyclic) bond motifs is 1. The molecule has 0 saturated heterocycles. The van der Waals surface area contributed by atoms with E-state index in [0.717, 1.165) is 29.5 Å². The summed E-state index contributed by atoms with van der Waals surface area (Å²) in [4.78, 5) is 12.2. The number of hydrogen-bond donors (Lipinski definition) is 1. The van der Waals surface area contributed by atoms with Crippen LogP contribution in [-0.2, 0) is 5.54 Å². The van der Waals surface area contributed by atoms with Gasteiger partial charge < -0.3 is 5.32 Å². The highest BCUT2D eigenvalue weighted by Crippen LogP contribution is 2.40. The van der Waals surface area contributed by atoms with Gasteiger partial charge in [-0.25, -0.2) is 0 Å². The molecule has 0 bridgehead atoms. The van der Waals surface area contributed by atoms with E-state index < -0.39 is 0 Å². The zero-order valence-corrected chi connectivity index (χ0v) is 11.0. The summed E-state index contributed by atoms with van der Waals surface area (Å²) < 4.78 is 0. The number of nitrogens with one attached hydrogen (secondary N) is 1. The molecule has 1 amide bonds. The molecule has 96 valence electrons. The molecule has 2 heteroatoms. The first-order valence-corrected chi connectivity index (χ1v) is 6.75. The minimum Gasteiger partial charge on any atom is -0.338 e. The number of hydrogen-bond acceptors (Lipinski definition) is 1. The Hall–Kier alpha value is -2.09. The molecule has 1 heterocycles. The molecule has 0 fully saturated rings. The Morgan fingerprint density at radius 1 is 1.00 bits per heavy atom. The van der Waals surface area contributed by atoms with Crippen LogP contribution in [0.4, 0.5) is 0 Å². The Morgan fingerprint density at radius 3 is 2.42 bits per heavy atom. The molecule has 1 N–H and O–H groups in total. The quantitative estimate of drug-likeness (QED) is 0.889. The van der Waals surface area contributed by atoms with Crippen molar-refractivity contribution in [1.29, 1.82) is 0 Å². The largest absolute Gasteiger partial charge is 0.338 e. The Kier molecular flexibility index (Phi) is 2.86. The molecule has 0 aromatic heterocycles. The van der Waals surface area contributed by atoms with Crippen LogP contribution in [0.1, 0.15) is 41.3 Å². The molecule has 1 aliphatic rings. The van der Waals surface area contributed by atoms with Gasteiger partial charge in [0, 0.05) is 5.56 Å². The summed E-state index contributed by atoms with van der Waals surface area (Å²) in [5, 5.41) is 3.21. The van der Waals surface area contributed by atoms with Crippen LogP contribution in [0.15, 0.2) is 54.6 Å². The molecular formula is C17H17NO. The first-order valence-electron chi connectivity index (χ1n) is 6.75. The van der Waals surface area contributed by atoms with Crippen molar-refractivity contribution in [1.82, 2.24) is 5.32 Å². The van der Waals surface area contributed by atoms with E-state index in [1.165, 1.54) is 0 Å². The molecule has 2 aromatic carbocycles. The number of carbonyl (C=O) groups is 1. The standard InChI is InChI=1S/C17H17NO/c1-2-12-17(13-8-4-3-5-9-13)15-11-7-6-10-14(15)16(19)18-17/h3-11H,2,12H2,1H3,(H,18,19)/t17-/m1/s1. The molecule has 1 aliphatic heterocycles. The van der Waals surface area contributed by atoms with Gasteiger partial charge in [-0.1, -0.05) is 61.9 Å². The fourth-order valence-electron chi connectivity index (χ4n) is 3.05. The average molecular weight is 251 g/mol. The van der Waals surface area contributed by atoms with Crippen molar-refractivity contribution < 1.29 is 4.79 Å². The molecule has 0 saturated carbocycles. The van der Waals surface area contributed by atoms with Gasteiger partial charge in [0.2, 0.25) is 0 Å². The normalized spacial score (nSPS) is 21.0. The van der Waals surface area contributed by atoms with Crippen molar-refractivity contribution in [3.05, 3.63) is 71.3 Å². The van der Waals surface area contributed by atoms with Crippen molar-refractivity contribution >= 4 is 5.91 Å². The molecule has 0 unspecified atom stereocenters. The molecule has 0 aliphatic carbocycles. The van der Waals surface area contributed by atoms with Crippen molar-refractivity contribution in [3.63, 3.8) is 0 Å². The third kappa shape index (κ3) is 1.75. The van der Waals surface area contributed by atoms with Gasteiger partial charge in [-0.2, -0.15) is 0 Å². The van der Waals surface area contributed by atoms with E-state index in [4.69, 9.17) is 0 Å². The van der Waals surface area contributed by atoms with E-state index in [1.807, 2.05) is 36.4 Å². The van der Waals surface area contributed by atoms with Crippen LogP contribution in [0.3, 0.4) is 0 Å². The van der Waals surface area contributed by atoms with Crippen molar-refractivity contribution in [3.8, 4) is 0 Å². The highest BCUT2D eigenvalue weighted by molar-refractivity contribution is 6.00. The van der Waals surface area contributed by atoms with Crippen LogP contribution >= 0.6 is 0 Å². The van der Waals surface area contributed by atoms with Gasteiger partial charge in [-0.05, 0) is 23.6 Å². The molecule has 0 radical (unpaired) electrons. The lowest BCUT2D eigenvalue weighted by Gasteiger charge is -2.31. The Bertz CT molecular complexity index is 606. The zero-order valence-electron chi connectivity index (χ0n) is 11.0. The maximum atomic E-state index is 12.2. The van der Waals surface area contributed by atoms with E-state index in [9.17, 15) is 4.79 Å². The van der Waals surface area contributed by atoms with Crippen LogP contribution in [0.5, 0.6) is 0 Å². The van der Waals surface area contributed by atoms with Crippen LogP contribution in [-0.4, -0.2) is 5.91 Å². The number of benzene rings is 2. The van der Waals surface area contributed by atoms with E-state index in [2.05, 4.69) is 30.4 Å². The lowest BCUT2D eigenvalue weighted by Crippen LogP contribution is -2.40. The molecular weight excluding hydrogens is 234 g/mol. The average Bonchev–Trinajstić information content (AvgIpc) is 2.75. The minimum atomic E-state index is -0.357. The van der Waals surface area contributed by atoms with E-state index in [-0.39, 0.29) is 11.4 Å². The van der Waals surface area contributed by atoms with Crippen LogP contribution in [0.25, 0.3) is 0 Å². The van der Waals surface area contributed by atoms with Crippen molar-refractivity contribution in [2.75, 3.05) is 0 Å². The third-order valence-corrected chi connectivity index (χ3v) is 3.85. The van der Waals surface area contributed by atoms with Gasteiger partial charge in [0.1, 0.15) is 0 Å². The van der Waals surface area contributed by atoms with Gasteiger partial charge in [0.05, 0.1) is 5.54 Å². The fourth-order valence-corrected chi connectivity index (χ4v) is 3.05. The predicted molar refractivity (Wildman–Crippen MR) is 76.0 cm³/mol. The molecule has 2 aromatic rings. The molecule has 19 heavy (non-hydrogen) atoms. The summed E-state index contributed by atoms with van der Waals surface area (Å²) >= 11 is 0. The first-order chi connectivity index (χ1) is 9.28. The summed E-state index contributed by atoms with van der Waals surface area (Å²) in [7, 11) is 0.